The van der Waals surface area contributed by atoms with E-state index in [-0.39, 0.29) is 11.9 Å². The first-order valence-corrected chi connectivity index (χ1v) is 7.86. The van der Waals surface area contributed by atoms with Gasteiger partial charge in [-0.3, -0.25) is 0 Å². The van der Waals surface area contributed by atoms with Gasteiger partial charge in [-0.15, -0.1) is 11.8 Å². The summed E-state index contributed by atoms with van der Waals surface area (Å²) in [5.41, 5.74) is 2.51. The molecule has 0 spiro atoms. The van der Waals surface area contributed by atoms with Crippen LogP contribution in [0.5, 0.6) is 0 Å². The highest BCUT2D eigenvalue weighted by molar-refractivity contribution is 7.99. The summed E-state index contributed by atoms with van der Waals surface area (Å²) in [5.74, 6) is 0.676. The fourth-order valence-electron chi connectivity index (χ4n) is 2.14. The highest BCUT2D eigenvalue weighted by atomic mass is 32.2. The summed E-state index contributed by atoms with van der Waals surface area (Å²) in [5, 5.41) is 3.47. The Hall–Kier alpha value is -1.32. The topological polar surface area (TPSA) is 12.0 Å². The Bertz CT molecular complexity index is 556. The van der Waals surface area contributed by atoms with Crippen LogP contribution in [-0.2, 0) is 0 Å². The lowest BCUT2D eigenvalue weighted by Gasteiger charge is -2.18. The quantitative estimate of drug-likeness (QED) is 0.781. The predicted molar refractivity (Wildman–Crippen MR) is 84.7 cm³/mol. The van der Waals surface area contributed by atoms with Crippen LogP contribution in [-0.4, -0.2) is 12.3 Å². The van der Waals surface area contributed by atoms with Crippen molar-refractivity contribution in [3.8, 4) is 0 Å². The molecule has 106 valence electrons. The molecule has 1 nitrogen and oxygen atoms in total. The lowest BCUT2D eigenvalue weighted by atomic mass is 10.1. The van der Waals surface area contributed by atoms with Crippen LogP contribution in [0.3, 0.4) is 0 Å². The number of hydrogen-bond acceptors (Lipinski definition) is 2. The van der Waals surface area contributed by atoms with E-state index in [1.54, 1.807) is 17.8 Å². The third kappa shape index (κ3) is 4.09. The molecule has 0 saturated heterocycles. The summed E-state index contributed by atoms with van der Waals surface area (Å²) in [7, 11) is 0. The number of rotatable bonds is 6. The third-order valence-corrected chi connectivity index (χ3v) is 4.28. The van der Waals surface area contributed by atoms with Gasteiger partial charge in [0.25, 0.3) is 0 Å². The van der Waals surface area contributed by atoms with E-state index >= 15 is 0 Å². The molecule has 1 atom stereocenters. The summed E-state index contributed by atoms with van der Waals surface area (Å²) < 4.78 is 13.7. The van der Waals surface area contributed by atoms with Gasteiger partial charge in [-0.25, -0.2) is 4.39 Å². The highest BCUT2D eigenvalue weighted by Crippen LogP contribution is 2.27. The number of benzene rings is 2. The van der Waals surface area contributed by atoms with Gasteiger partial charge in [0.15, 0.2) is 0 Å². The summed E-state index contributed by atoms with van der Waals surface area (Å²) in [6.45, 7) is 5.09. The van der Waals surface area contributed by atoms with Crippen molar-refractivity contribution in [2.45, 2.75) is 24.8 Å². The molecule has 0 aliphatic heterocycles. The van der Waals surface area contributed by atoms with Crippen molar-refractivity contribution in [1.29, 1.82) is 0 Å². The third-order valence-electron chi connectivity index (χ3n) is 3.14. The first-order chi connectivity index (χ1) is 9.70. The molecule has 0 aromatic heterocycles. The summed E-state index contributed by atoms with van der Waals surface area (Å²) in [6, 6.07) is 15.7. The molecule has 0 bridgehead atoms. The van der Waals surface area contributed by atoms with Crippen molar-refractivity contribution in [2.24, 2.45) is 0 Å². The van der Waals surface area contributed by atoms with Gasteiger partial charge < -0.3 is 5.32 Å². The van der Waals surface area contributed by atoms with Crippen LogP contribution >= 0.6 is 11.8 Å². The Morgan fingerprint density at radius 2 is 1.95 bits per heavy atom. The Morgan fingerprint density at radius 3 is 2.65 bits per heavy atom. The Morgan fingerprint density at radius 1 is 1.15 bits per heavy atom. The molecular weight excluding hydrogens is 269 g/mol. The van der Waals surface area contributed by atoms with Crippen molar-refractivity contribution in [3.05, 3.63) is 65.5 Å². The Kier molecular flexibility index (Phi) is 5.62. The number of halogens is 1. The maximum Gasteiger partial charge on any atom is 0.136 e. The first-order valence-electron chi connectivity index (χ1n) is 6.88. The van der Waals surface area contributed by atoms with Gasteiger partial charge in [0.05, 0.1) is 0 Å². The Labute approximate surface area is 124 Å². The van der Waals surface area contributed by atoms with Gasteiger partial charge in [0, 0.05) is 16.7 Å². The molecule has 0 aliphatic carbocycles. The van der Waals surface area contributed by atoms with Crippen molar-refractivity contribution in [1.82, 2.24) is 5.32 Å². The molecule has 3 heteroatoms. The van der Waals surface area contributed by atoms with E-state index in [0.717, 1.165) is 12.3 Å². The van der Waals surface area contributed by atoms with E-state index in [1.165, 1.54) is 17.2 Å². The number of nitrogens with one attached hydrogen (secondary N) is 1. The van der Waals surface area contributed by atoms with Crippen LogP contribution in [0.25, 0.3) is 0 Å². The number of thioether (sulfide) groups is 1. The van der Waals surface area contributed by atoms with Crippen LogP contribution in [0.15, 0.2) is 53.4 Å². The van der Waals surface area contributed by atoms with E-state index in [1.807, 2.05) is 12.1 Å². The number of hydrogen-bond donors (Lipinski definition) is 1. The molecule has 0 radical (unpaired) electrons. The van der Waals surface area contributed by atoms with Gasteiger partial charge in [-0.1, -0.05) is 48.9 Å². The first kappa shape index (κ1) is 15.1. The second-order valence-corrected chi connectivity index (χ2v) is 5.83. The molecule has 0 amide bonds. The van der Waals surface area contributed by atoms with Crippen molar-refractivity contribution in [2.75, 3.05) is 12.3 Å². The van der Waals surface area contributed by atoms with Gasteiger partial charge in [-0.05, 0) is 31.2 Å². The minimum absolute atomic E-state index is 0.142. The molecule has 1 N–H and O–H groups in total. The summed E-state index contributed by atoms with van der Waals surface area (Å²) in [6.07, 6.45) is 0. The van der Waals surface area contributed by atoms with Gasteiger partial charge in [0.2, 0.25) is 0 Å². The van der Waals surface area contributed by atoms with E-state index in [4.69, 9.17) is 0 Å². The smallest absolute Gasteiger partial charge is 0.136 e. The lowest BCUT2D eigenvalue weighted by molar-refractivity contribution is 0.595. The monoisotopic (exact) mass is 289 g/mol. The zero-order valence-electron chi connectivity index (χ0n) is 11.9. The average Bonchev–Trinajstić information content (AvgIpc) is 2.45. The molecule has 2 aromatic rings. The maximum atomic E-state index is 13.7. The SMILES string of the molecule is CCNC(CSc1ccccc1F)c1cccc(C)c1. The molecule has 2 aromatic carbocycles. The minimum atomic E-state index is -0.142. The van der Waals surface area contributed by atoms with Gasteiger partial charge in [0.1, 0.15) is 5.82 Å². The largest absolute Gasteiger partial charge is 0.309 e. The fourth-order valence-corrected chi connectivity index (χ4v) is 3.18. The zero-order valence-corrected chi connectivity index (χ0v) is 12.7. The van der Waals surface area contributed by atoms with Crippen LogP contribution in [0.2, 0.25) is 0 Å². The van der Waals surface area contributed by atoms with E-state index in [0.29, 0.717) is 4.90 Å². The molecule has 2 rings (SSSR count). The average molecular weight is 289 g/mol. The van der Waals surface area contributed by atoms with E-state index in [9.17, 15) is 4.39 Å². The van der Waals surface area contributed by atoms with E-state index < -0.39 is 0 Å². The van der Waals surface area contributed by atoms with E-state index in [2.05, 4.69) is 43.4 Å². The normalized spacial score (nSPS) is 12.3. The van der Waals surface area contributed by atoms with Crippen molar-refractivity contribution in [3.63, 3.8) is 0 Å². The van der Waals surface area contributed by atoms with Crippen LogP contribution in [0, 0.1) is 12.7 Å². The Balaban J connectivity index is 2.08. The van der Waals surface area contributed by atoms with Gasteiger partial charge in [-0.2, -0.15) is 0 Å². The van der Waals surface area contributed by atoms with Gasteiger partial charge >= 0.3 is 0 Å². The second-order valence-electron chi connectivity index (χ2n) is 4.77. The van der Waals surface area contributed by atoms with Crippen molar-refractivity contribution < 1.29 is 4.39 Å². The van der Waals surface area contributed by atoms with Crippen molar-refractivity contribution >= 4 is 11.8 Å². The summed E-state index contributed by atoms with van der Waals surface area (Å²) in [4.78, 5) is 0.711. The molecule has 0 saturated carbocycles. The highest BCUT2D eigenvalue weighted by Gasteiger charge is 2.12. The molecule has 0 fully saturated rings. The molecule has 0 heterocycles. The molecular formula is C17H20FNS. The second kappa shape index (κ2) is 7.46. The van der Waals surface area contributed by atoms with Crippen LogP contribution in [0.1, 0.15) is 24.1 Å². The maximum absolute atomic E-state index is 13.7. The molecule has 1 unspecified atom stereocenters. The predicted octanol–water partition coefficient (Wildman–Crippen LogP) is 4.58. The summed E-state index contributed by atoms with van der Waals surface area (Å²) >= 11 is 1.56. The number of aryl methyl sites for hydroxylation is 1. The molecule has 0 aliphatic rings. The van der Waals surface area contributed by atoms with Crippen LogP contribution in [0.4, 0.5) is 4.39 Å². The lowest BCUT2D eigenvalue weighted by Crippen LogP contribution is -2.23. The standard InChI is InChI=1S/C17H20FNS/c1-3-19-16(14-8-6-7-13(2)11-14)12-20-17-10-5-4-9-15(17)18/h4-11,16,19H,3,12H2,1-2H3. The van der Waals surface area contributed by atoms with Crippen LogP contribution < -0.4 is 5.32 Å². The zero-order chi connectivity index (χ0) is 14.4. The minimum Gasteiger partial charge on any atom is -0.309 e. The fraction of sp³-hybridized carbons (Fsp3) is 0.294. The molecule has 20 heavy (non-hydrogen) atoms.